The second-order valence-corrected chi connectivity index (χ2v) is 9.03. The Morgan fingerprint density at radius 2 is 1.89 bits per heavy atom. The van der Waals surface area contributed by atoms with Gasteiger partial charge in [0.1, 0.15) is 18.1 Å². The van der Waals surface area contributed by atoms with E-state index in [-0.39, 0.29) is 24.2 Å². The van der Waals surface area contributed by atoms with E-state index in [9.17, 15) is 14.0 Å². The maximum atomic E-state index is 13.2. The SMILES string of the molecule is Cc1c(-c2nn(CC(=O)N3CC=C(c4ccc(F)cc4)CC3)c(=O)o2)ncn1Cc1ccc(Cl)cc1. The molecule has 0 radical (unpaired) electrons. The molecule has 1 aliphatic heterocycles. The van der Waals surface area contributed by atoms with Gasteiger partial charge >= 0.3 is 5.76 Å². The van der Waals surface area contributed by atoms with Crippen molar-refractivity contribution in [3.8, 4) is 11.6 Å². The number of nitrogens with zero attached hydrogens (tertiary/aromatic N) is 5. The Bertz CT molecular complexity index is 1490. The van der Waals surface area contributed by atoms with E-state index in [1.165, 1.54) is 12.1 Å². The molecule has 0 saturated carbocycles. The number of halogens is 2. The second kappa shape index (κ2) is 9.94. The molecule has 4 aromatic rings. The van der Waals surface area contributed by atoms with Crippen molar-refractivity contribution < 1.29 is 13.6 Å². The Morgan fingerprint density at radius 1 is 1.14 bits per heavy atom. The van der Waals surface area contributed by atoms with Gasteiger partial charge in [-0.15, -0.1) is 5.10 Å². The Balaban J connectivity index is 1.26. The Hall–Kier alpha value is -3.98. The van der Waals surface area contributed by atoms with Gasteiger partial charge in [0.25, 0.3) is 5.89 Å². The molecule has 0 saturated heterocycles. The lowest BCUT2D eigenvalue weighted by atomic mass is 9.99. The minimum Gasteiger partial charge on any atom is -0.386 e. The van der Waals surface area contributed by atoms with E-state index in [2.05, 4.69) is 10.1 Å². The highest BCUT2D eigenvalue weighted by molar-refractivity contribution is 6.30. The number of carbonyl (C=O) groups excluding carboxylic acids is 1. The van der Waals surface area contributed by atoms with Crippen molar-refractivity contribution in [2.75, 3.05) is 13.1 Å². The van der Waals surface area contributed by atoms with E-state index >= 15 is 0 Å². The summed E-state index contributed by atoms with van der Waals surface area (Å²) >= 11 is 5.96. The molecule has 1 aliphatic rings. The van der Waals surface area contributed by atoms with Gasteiger partial charge in [-0.05, 0) is 54.3 Å². The van der Waals surface area contributed by atoms with Gasteiger partial charge in [-0.3, -0.25) is 4.79 Å². The fraction of sp³-hybridized carbons (Fsp3) is 0.231. The van der Waals surface area contributed by atoms with Gasteiger partial charge in [0.2, 0.25) is 5.91 Å². The topological polar surface area (TPSA) is 86.2 Å². The van der Waals surface area contributed by atoms with Crippen molar-refractivity contribution in [2.24, 2.45) is 0 Å². The van der Waals surface area contributed by atoms with Crippen molar-refractivity contribution in [3.05, 3.63) is 99.1 Å². The molecule has 0 N–H and O–H groups in total. The lowest BCUT2D eigenvalue weighted by Crippen LogP contribution is -2.38. The number of imidazole rings is 1. The van der Waals surface area contributed by atoms with Crippen LogP contribution in [0.4, 0.5) is 4.39 Å². The predicted octanol–water partition coefficient (Wildman–Crippen LogP) is 4.16. The van der Waals surface area contributed by atoms with Crippen molar-refractivity contribution >= 4 is 23.1 Å². The molecule has 0 bridgehead atoms. The highest BCUT2D eigenvalue weighted by Crippen LogP contribution is 2.23. The highest BCUT2D eigenvalue weighted by Gasteiger charge is 2.22. The van der Waals surface area contributed by atoms with E-state index in [0.717, 1.165) is 27.1 Å². The monoisotopic (exact) mass is 507 g/mol. The summed E-state index contributed by atoms with van der Waals surface area (Å²) < 4.78 is 21.4. The molecule has 5 rings (SSSR count). The maximum absolute atomic E-state index is 13.2. The summed E-state index contributed by atoms with van der Waals surface area (Å²) in [7, 11) is 0. The Kier molecular flexibility index (Phi) is 6.56. The summed E-state index contributed by atoms with van der Waals surface area (Å²) in [6.45, 7) is 3.10. The van der Waals surface area contributed by atoms with Gasteiger partial charge in [0, 0.05) is 30.4 Å². The summed E-state index contributed by atoms with van der Waals surface area (Å²) in [6.07, 6.45) is 4.24. The van der Waals surface area contributed by atoms with Crippen LogP contribution in [0.25, 0.3) is 17.2 Å². The fourth-order valence-corrected chi connectivity index (χ4v) is 4.28. The summed E-state index contributed by atoms with van der Waals surface area (Å²) in [5.74, 6) is -1.17. The normalized spacial score (nSPS) is 13.6. The van der Waals surface area contributed by atoms with Gasteiger partial charge < -0.3 is 13.9 Å². The molecule has 0 fully saturated rings. The van der Waals surface area contributed by atoms with Crippen molar-refractivity contribution in [3.63, 3.8) is 0 Å². The summed E-state index contributed by atoms with van der Waals surface area (Å²) in [4.78, 5) is 31.3. The number of hydrogen-bond donors (Lipinski definition) is 0. The van der Waals surface area contributed by atoms with Crippen LogP contribution in [0.15, 0.2) is 70.1 Å². The first-order valence-corrected chi connectivity index (χ1v) is 11.8. The first-order chi connectivity index (χ1) is 17.4. The van der Waals surface area contributed by atoms with Crippen LogP contribution in [0.1, 0.15) is 23.2 Å². The quantitative estimate of drug-likeness (QED) is 0.391. The first kappa shape index (κ1) is 23.7. The zero-order chi connectivity index (χ0) is 25.2. The third-order valence-electron chi connectivity index (χ3n) is 6.24. The van der Waals surface area contributed by atoms with E-state index < -0.39 is 5.76 Å². The van der Waals surface area contributed by atoms with Crippen LogP contribution in [0.2, 0.25) is 5.02 Å². The van der Waals surface area contributed by atoms with Gasteiger partial charge in [0.05, 0.1) is 6.33 Å². The Labute approximate surface area is 211 Å². The van der Waals surface area contributed by atoms with Crippen LogP contribution in [0.3, 0.4) is 0 Å². The Morgan fingerprint density at radius 3 is 2.58 bits per heavy atom. The molecule has 0 aliphatic carbocycles. The third kappa shape index (κ3) is 5.01. The van der Waals surface area contributed by atoms with Crippen molar-refractivity contribution in [2.45, 2.75) is 26.4 Å². The average Bonchev–Trinajstić information content (AvgIpc) is 3.42. The van der Waals surface area contributed by atoms with E-state index in [4.69, 9.17) is 16.0 Å². The number of amides is 1. The maximum Gasteiger partial charge on any atom is 0.437 e. The smallest absolute Gasteiger partial charge is 0.386 e. The van der Waals surface area contributed by atoms with Crippen molar-refractivity contribution in [1.82, 2.24) is 24.2 Å². The van der Waals surface area contributed by atoms with Crippen LogP contribution in [-0.2, 0) is 17.9 Å². The molecule has 36 heavy (non-hydrogen) atoms. The first-order valence-electron chi connectivity index (χ1n) is 11.4. The standard InChI is InChI=1S/C26H23ClFN5O3/c1-17-24(29-16-32(17)14-18-2-6-21(27)7-3-18)25-30-33(26(35)36-25)15-23(34)31-12-10-20(11-13-31)19-4-8-22(28)9-5-19/h2-10,16H,11-15H2,1H3. The van der Waals surface area contributed by atoms with Gasteiger partial charge in [0.15, 0.2) is 0 Å². The van der Waals surface area contributed by atoms with E-state index in [0.29, 0.717) is 36.8 Å². The molecule has 2 aromatic heterocycles. The highest BCUT2D eigenvalue weighted by atomic mass is 35.5. The van der Waals surface area contributed by atoms with Crippen LogP contribution < -0.4 is 5.76 Å². The van der Waals surface area contributed by atoms with Crippen LogP contribution in [-0.4, -0.2) is 43.2 Å². The van der Waals surface area contributed by atoms with Crippen molar-refractivity contribution in [1.29, 1.82) is 0 Å². The van der Waals surface area contributed by atoms with Gasteiger partial charge in [-0.25, -0.2) is 14.2 Å². The third-order valence-corrected chi connectivity index (χ3v) is 6.49. The van der Waals surface area contributed by atoms with Crippen LogP contribution in [0.5, 0.6) is 0 Å². The minimum atomic E-state index is -0.718. The molecular weight excluding hydrogens is 485 g/mol. The van der Waals surface area contributed by atoms with Crippen LogP contribution >= 0.6 is 11.6 Å². The summed E-state index contributed by atoms with van der Waals surface area (Å²) in [5.41, 5.74) is 4.26. The number of aromatic nitrogens is 4. The predicted molar refractivity (Wildman–Crippen MR) is 133 cm³/mol. The number of benzene rings is 2. The summed E-state index contributed by atoms with van der Waals surface area (Å²) in [6, 6.07) is 13.8. The van der Waals surface area contributed by atoms with Gasteiger partial charge in [-0.2, -0.15) is 4.68 Å². The molecule has 3 heterocycles. The van der Waals surface area contributed by atoms with E-state index in [1.54, 1.807) is 23.4 Å². The van der Waals surface area contributed by atoms with Gasteiger partial charge in [-0.1, -0.05) is 41.9 Å². The molecular formula is C26H23ClFN5O3. The number of hydrogen-bond acceptors (Lipinski definition) is 5. The summed E-state index contributed by atoms with van der Waals surface area (Å²) in [5, 5.41) is 4.89. The molecule has 0 atom stereocenters. The molecule has 10 heteroatoms. The molecule has 1 amide bonds. The molecule has 0 unspecified atom stereocenters. The minimum absolute atomic E-state index is 0.0669. The lowest BCUT2D eigenvalue weighted by Gasteiger charge is -2.26. The molecule has 8 nitrogen and oxygen atoms in total. The lowest BCUT2D eigenvalue weighted by molar-refractivity contribution is -0.131. The fourth-order valence-electron chi connectivity index (χ4n) is 4.15. The van der Waals surface area contributed by atoms with Crippen LogP contribution in [0, 0.1) is 12.7 Å². The average molecular weight is 508 g/mol. The second-order valence-electron chi connectivity index (χ2n) is 8.59. The zero-order valence-electron chi connectivity index (χ0n) is 19.5. The molecule has 0 spiro atoms. The molecule has 2 aromatic carbocycles. The number of rotatable bonds is 6. The molecule has 184 valence electrons. The zero-order valence-corrected chi connectivity index (χ0v) is 20.3. The van der Waals surface area contributed by atoms with E-state index in [1.807, 2.05) is 41.8 Å². The largest absolute Gasteiger partial charge is 0.437 e. The number of carbonyl (C=O) groups is 1.